The largest absolute Gasteiger partial charge is 0.481 e. The highest BCUT2D eigenvalue weighted by Crippen LogP contribution is 2.59. The summed E-state index contributed by atoms with van der Waals surface area (Å²) in [5.74, 6) is -0.940. The number of aliphatic carboxylic acids is 1. The number of carbonyl (C=O) groups is 2. The number of hydrogen-bond acceptors (Lipinski definition) is 3. The Labute approximate surface area is 117 Å². The zero-order valence-electron chi connectivity index (χ0n) is 11.6. The number of aryl methyl sites for hydroxylation is 1. The van der Waals surface area contributed by atoms with E-state index in [0.717, 1.165) is 31.4 Å². The van der Waals surface area contributed by atoms with Crippen molar-refractivity contribution >= 4 is 11.9 Å². The molecule has 1 spiro atoms. The highest BCUT2D eigenvalue weighted by molar-refractivity contribution is 5.92. The molecule has 6 heteroatoms. The van der Waals surface area contributed by atoms with Crippen LogP contribution in [0.3, 0.4) is 0 Å². The van der Waals surface area contributed by atoms with Crippen LogP contribution in [0.25, 0.3) is 0 Å². The molecule has 2 heterocycles. The number of aromatic nitrogens is 2. The second-order valence-electron chi connectivity index (χ2n) is 5.88. The molecule has 2 N–H and O–H groups in total. The van der Waals surface area contributed by atoms with Crippen LogP contribution >= 0.6 is 0 Å². The number of H-pyrrole nitrogens is 1. The van der Waals surface area contributed by atoms with Gasteiger partial charge in [0, 0.05) is 18.8 Å². The van der Waals surface area contributed by atoms with Crippen molar-refractivity contribution < 1.29 is 14.7 Å². The molecular formula is C14H19N3O3. The van der Waals surface area contributed by atoms with E-state index in [2.05, 4.69) is 10.2 Å². The van der Waals surface area contributed by atoms with Crippen LogP contribution in [0.15, 0.2) is 6.07 Å². The first-order chi connectivity index (χ1) is 9.55. The number of amides is 1. The van der Waals surface area contributed by atoms with Gasteiger partial charge >= 0.3 is 5.97 Å². The van der Waals surface area contributed by atoms with E-state index in [1.54, 1.807) is 11.0 Å². The molecular weight excluding hydrogens is 258 g/mol. The quantitative estimate of drug-likeness (QED) is 0.872. The Morgan fingerprint density at radius 1 is 1.50 bits per heavy atom. The van der Waals surface area contributed by atoms with Crippen LogP contribution in [0.5, 0.6) is 0 Å². The lowest BCUT2D eigenvalue weighted by Gasteiger charge is -2.32. The Kier molecular flexibility index (Phi) is 3.03. The second kappa shape index (κ2) is 4.61. The summed E-state index contributed by atoms with van der Waals surface area (Å²) in [4.78, 5) is 25.1. The van der Waals surface area contributed by atoms with Crippen LogP contribution in [-0.2, 0) is 11.2 Å². The maximum absolute atomic E-state index is 12.3. The standard InChI is InChI=1S/C14H19N3O3/c1-2-9-7-11(16-15-9)12(18)17-5-3-14(4-6-17)8-10(14)13(19)20/h7,10H,2-6,8H2,1H3,(H,15,16)(H,19,20). The predicted octanol–water partition coefficient (Wildman–Crippen LogP) is 1.30. The van der Waals surface area contributed by atoms with E-state index in [4.69, 9.17) is 5.11 Å². The Balaban J connectivity index is 1.61. The number of piperidine rings is 1. The van der Waals surface area contributed by atoms with Crippen LogP contribution in [-0.4, -0.2) is 45.2 Å². The van der Waals surface area contributed by atoms with Gasteiger partial charge in [-0.25, -0.2) is 0 Å². The molecule has 1 aliphatic heterocycles. The van der Waals surface area contributed by atoms with E-state index in [1.165, 1.54) is 0 Å². The molecule has 108 valence electrons. The van der Waals surface area contributed by atoms with Crippen molar-refractivity contribution in [1.82, 2.24) is 15.1 Å². The minimum Gasteiger partial charge on any atom is -0.481 e. The zero-order valence-corrected chi connectivity index (χ0v) is 11.6. The summed E-state index contributed by atoms with van der Waals surface area (Å²) in [7, 11) is 0. The predicted molar refractivity (Wildman–Crippen MR) is 71.3 cm³/mol. The second-order valence-corrected chi connectivity index (χ2v) is 5.88. The van der Waals surface area contributed by atoms with Gasteiger partial charge in [-0.05, 0) is 37.2 Å². The van der Waals surface area contributed by atoms with Gasteiger partial charge in [-0.15, -0.1) is 0 Å². The molecule has 20 heavy (non-hydrogen) atoms. The van der Waals surface area contributed by atoms with Gasteiger partial charge in [0.2, 0.25) is 0 Å². The van der Waals surface area contributed by atoms with E-state index < -0.39 is 5.97 Å². The van der Waals surface area contributed by atoms with Crippen molar-refractivity contribution in [2.75, 3.05) is 13.1 Å². The first-order valence-corrected chi connectivity index (χ1v) is 7.12. The van der Waals surface area contributed by atoms with Gasteiger partial charge in [0.05, 0.1) is 5.92 Å². The van der Waals surface area contributed by atoms with Crippen molar-refractivity contribution in [1.29, 1.82) is 0 Å². The highest BCUT2D eigenvalue weighted by atomic mass is 16.4. The van der Waals surface area contributed by atoms with Crippen molar-refractivity contribution in [3.63, 3.8) is 0 Å². The third-order valence-corrected chi connectivity index (χ3v) is 4.77. The van der Waals surface area contributed by atoms with Crippen molar-refractivity contribution in [2.24, 2.45) is 11.3 Å². The number of carboxylic acids is 1. The third-order valence-electron chi connectivity index (χ3n) is 4.77. The molecule has 1 amide bonds. The van der Waals surface area contributed by atoms with Crippen molar-refractivity contribution in [3.05, 3.63) is 17.5 Å². The average Bonchev–Trinajstić information content (AvgIpc) is 2.95. The van der Waals surface area contributed by atoms with E-state index in [0.29, 0.717) is 18.8 Å². The molecule has 1 aliphatic carbocycles. The van der Waals surface area contributed by atoms with Crippen molar-refractivity contribution in [3.8, 4) is 0 Å². The summed E-state index contributed by atoms with van der Waals surface area (Å²) < 4.78 is 0. The fourth-order valence-electron chi connectivity index (χ4n) is 3.22. The van der Waals surface area contributed by atoms with Crippen LogP contribution < -0.4 is 0 Å². The lowest BCUT2D eigenvalue weighted by molar-refractivity contribution is -0.139. The number of hydrogen-bond donors (Lipinski definition) is 2. The molecule has 0 aromatic carbocycles. The number of carbonyl (C=O) groups excluding carboxylic acids is 1. The fourth-order valence-corrected chi connectivity index (χ4v) is 3.22. The molecule has 0 bridgehead atoms. The average molecular weight is 277 g/mol. The van der Waals surface area contributed by atoms with Crippen molar-refractivity contribution in [2.45, 2.75) is 32.6 Å². The third kappa shape index (κ3) is 2.09. The molecule has 1 saturated heterocycles. The maximum Gasteiger partial charge on any atom is 0.307 e. The Bertz CT molecular complexity index is 544. The lowest BCUT2D eigenvalue weighted by Crippen LogP contribution is -2.40. The molecule has 1 saturated carbocycles. The Morgan fingerprint density at radius 2 is 2.20 bits per heavy atom. The van der Waals surface area contributed by atoms with Gasteiger partial charge < -0.3 is 10.0 Å². The van der Waals surface area contributed by atoms with Gasteiger partial charge in [-0.2, -0.15) is 5.10 Å². The van der Waals surface area contributed by atoms with Crippen LogP contribution in [0.4, 0.5) is 0 Å². The molecule has 2 fully saturated rings. The van der Waals surface area contributed by atoms with Gasteiger partial charge in [0.25, 0.3) is 5.91 Å². The molecule has 2 aliphatic rings. The summed E-state index contributed by atoms with van der Waals surface area (Å²) in [5, 5.41) is 16.0. The number of likely N-dealkylation sites (tertiary alicyclic amines) is 1. The van der Waals surface area contributed by atoms with Crippen LogP contribution in [0, 0.1) is 11.3 Å². The van der Waals surface area contributed by atoms with Crippen LogP contribution in [0.1, 0.15) is 42.4 Å². The van der Waals surface area contributed by atoms with E-state index >= 15 is 0 Å². The van der Waals surface area contributed by atoms with Gasteiger partial charge in [0.15, 0.2) is 0 Å². The Morgan fingerprint density at radius 3 is 2.70 bits per heavy atom. The van der Waals surface area contributed by atoms with E-state index in [9.17, 15) is 9.59 Å². The normalized spacial score (nSPS) is 23.9. The SMILES string of the molecule is CCc1cc(C(=O)N2CCC3(CC2)CC3C(=O)O)n[nH]1. The number of nitrogens with one attached hydrogen (secondary N) is 1. The minimum absolute atomic E-state index is 0.0389. The summed E-state index contributed by atoms with van der Waals surface area (Å²) in [6.07, 6.45) is 3.18. The zero-order chi connectivity index (χ0) is 14.3. The summed E-state index contributed by atoms with van der Waals surface area (Å²) in [6, 6.07) is 1.80. The first kappa shape index (κ1) is 13.1. The van der Waals surface area contributed by atoms with Gasteiger partial charge in [-0.1, -0.05) is 6.92 Å². The maximum atomic E-state index is 12.3. The molecule has 6 nitrogen and oxygen atoms in total. The van der Waals surface area contributed by atoms with Crippen LogP contribution in [0.2, 0.25) is 0 Å². The summed E-state index contributed by atoms with van der Waals surface area (Å²) >= 11 is 0. The molecule has 1 aromatic rings. The number of aromatic amines is 1. The first-order valence-electron chi connectivity index (χ1n) is 7.12. The van der Waals surface area contributed by atoms with Gasteiger partial charge in [-0.3, -0.25) is 14.7 Å². The number of carboxylic acid groups (broad SMARTS) is 1. The Hall–Kier alpha value is -1.85. The molecule has 0 radical (unpaired) electrons. The molecule has 1 atom stereocenters. The molecule has 1 aromatic heterocycles. The van der Waals surface area contributed by atoms with E-state index in [1.807, 2.05) is 6.92 Å². The van der Waals surface area contributed by atoms with E-state index in [-0.39, 0.29) is 17.2 Å². The number of rotatable bonds is 3. The topological polar surface area (TPSA) is 86.3 Å². The monoisotopic (exact) mass is 277 g/mol. The fraction of sp³-hybridized carbons (Fsp3) is 0.643. The number of nitrogens with zero attached hydrogens (tertiary/aromatic N) is 2. The minimum atomic E-state index is -0.690. The lowest BCUT2D eigenvalue weighted by atomic mass is 9.90. The summed E-state index contributed by atoms with van der Waals surface area (Å²) in [6.45, 7) is 3.28. The molecule has 3 rings (SSSR count). The summed E-state index contributed by atoms with van der Waals surface area (Å²) in [5.41, 5.74) is 1.38. The highest BCUT2D eigenvalue weighted by Gasteiger charge is 2.59. The molecule has 1 unspecified atom stereocenters. The smallest absolute Gasteiger partial charge is 0.307 e. The van der Waals surface area contributed by atoms with Gasteiger partial charge in [0.1, 0.15) is 5.69 Å².